The highest BCUT2D eigenvalue weighted by Crippen LogP contribution is 2.42. The molecule has 1 N–H and O–H groups in total. The molecule has 126 valence electrons. The lowest BCUT2D eigenvalue weighted by Gasteiger charge is -2.29. The second-order valence-corrected chi connectivity index (χ2v) is 8.94. The molecule has 0 amide bonds. The molecule has 0 radical (unpaired) electrons. The summed E-state index contributed by atoms with van der Waals surface area (Å²) in [7, 11) is -1.50. The lowest BCUT2D eigenvalue weighted by molar-refractivity contribution is 0.233. The van der Waals surface area contributed by atoms with Crippen molar-refractivity contribution in [3.05, 3.63) is 29.8 Å². The van der Waals surface area contributed by atoms with Gasteiger partial charge >= 0.3 is 0 Å². The Balaban J connectivity index is 1.62. The van der Waals surface area contributed by atoms with Gasteiger partial charge in [0.05, 0.1) is 18.4 Å². The lowest BCUT2D eigenvalue weighted by Crippen LogP contribution is -2.41. The summed E-state index contributed by atoms with van der Waals surface area (Å²) in [4.78, 5) is 2.48. The van der Waals surface area contributed by atoms with Crippen molar-refractivity contribution in [2.24, 2.45) is 0 Å². The Labute approximate surface area is 138 Å². The molecule has 1 aliphatic heterocycles. The Bertz CT molecular complexity index is 683. The minimum atomic E-state index is -3.16. The Kier molecular flexibility index (Phi) is 3.86. The topological polar surface area (TPSA) is 58.6 Å². The third-order valence-corrected chi connectivity index (χ3v) is 7.15. The number of hydrogen-bond donors (Lipinski definition) is 1. The van der Waals surface area contributed by atoms with Crippen molar-refractivity contribution in [2.75, 3.05) is 13.7 Å². The monoisotopic (exact) mass is 336 g/mol. The number of methoxy groups -OCH3 is 1. The van der Waals surface area contributed by atoms with Gasteiger partial charge in [0.15, 0.2) is 0 Å². The van der Waals surface area contributed by atoms with Crippen molar-refractivity contribution < 1.29 is 13.2 Å². The van der Waals surface area contributed by atoms with E-state index in [0.29, 0.717) is 6.04 Å². The van der Waals surface area contributed by atoms with Crippen LogP contribution in [0.15, 0.2) is 24.3 Å². The van der Waals surface area contributed by atoms with Crippen LogP contribution in [0.5, 0.6) is 5.75 Å². The van der Waals surface area contributed by atoms with Crippen LogP contribution in [0.3, 0.4) is 0 Å². The maximum atomic E-state index is 12.4. The predicted molar refractivity (Wildman–Crippen MR) is 88.9 cm³/mol. The SMILES string of the molecule is COc1cccc([C@H]2[C@@H](NS(=O)(=O)C3CC3)CCN2C2CC2)c1. The molecule has 2 saturated carbocycles. The summed E-state index contributed by atoms with van der Waals surface area (Å²) in [5, 5.41) is -0.163. The van der Waals surface area contributed by atoms with E-state index in [0.717, 1.165) is 37.1 Å². The molecule has 1 aromatic rings. The van der Waals surface area contributed by atoms with Gasteiger partial charge in [-0.3, -0.25) is 4.90 Å². The maximum absolute atomic E-state index is 12.4. The van der Waals surface area contributed by atoms with Gasteiger partial charge < -0.3 is 4.74 Å². The summed E-state index contributed by atoms with van der Waals surface area (Å²) in [6, 6.07) is 8.75. The molecule has 5 nitrogen and oxygen atoms in total. The number of ether oxygens (including phenoxy) is 1. The fraction of sp³-hybridized carbons (Fsp3) is 0.647. The summed E-state index contributed by atoms with van der Waals surface area (Å²) < 4.78 is 33.1. The highest BCUT2D eigenvalue weighted by molar-refractivity contribution is 7.90. The molecular weight excluding hydrogens is 312 g/mol. The molecule has 3 fully saturated rings. The summed E-state index contributed by atoms with van der Waals surface area (Å²) in [6.45, 7) is 0.963. The van der Waals surface area contributed by atoms with Crippen LogP contribution in [-0.4, -0.2) is 44.3 Å². The Morgan fingerprint density at radius 2 is 1.96 bits per heavy atom. The first-order chi connectivity index (χ1) is 11.1. The van der Waals surface area contributed by atoms with E-state index in [1.54, 1.807) is 7.11 Å². The molecule has 23 heavy (non-hydrogen) atoms. The number of rotatable bonds is 6. The summed E-state index contributed by atoms with van der Waals surface area (Å²) in [5.74, 6) is 0.828. The van der Waals surface area contributed by atoms with Crippen molar-refractivity contribution in [3.63, 3.8) is 0 Å². The Morgan fingerprint density at radius 3 is 2.61 bits per heavy atom. The predicted octanol–water partition coefficient (Wildman–Crippen LogP) is 2.05. The van der Waals surface area contributed by atoms with E-state index in [1.165, 1.54) is 12.8 Å². The lowest BCUT2D eigenvalue weighted by atomic mass is 10.0. The summed E-state index contributed by atoms with van der Waals surface area (Å²) in [5.41, 5.74) is 1.15. The van der Waals surface area contributed by atoms with Gasteiger partial charge in [-0.25, -0.2) is 13.1 Å². The largest absolute Gasteiger partial charge is 0.497 e. The molecule has 1 saturated heterocycles. The van der Waals surface area contributed by atoms with Gasteiger partial charge in [0.25, 0.3) is 0 Å². The molecule has 0 unspecified atom stereocenters. The van der Waals surface area contributed by atoms with Crippen molar-refractivity contribution in [1.29, 1.82) is 0 Å². The van der Waals surface area contributed by atoms with E-state index in [2.05, 4.69) is 15.7 Å². The molecule has 2 atom stereocenters. The van der Waals surface area contributed by atoms with Gasteiger partial charge in [-0.05, 0) is 49.8 Å². The molecule has 1 heterocycles. The first kappa shape index (κ1) is 15.4. The summed E-state index contributed by atoms with van der Waals surface area (Å²) in [6.07, 6.45) is 4.94. The van der Waals surface area contributed by atoms with E-state index in [1.807, 2.05) is 18.2 Å². The first-order valence-electron chi connectivity index (χ1n) is 8.49. The zero-order valence-corrected chi connectivity index (χ0v) is 14.3. The van der Waals surface area contributed by atoms with Crippen molar-refractivity contribution in [2.45, 2.75) is 55.5 Å². The Hall–Kier alpha value is -1.11. The van der Waals surface area contributed by atoms with Gasteiger partial charge in [-0.1, -0.05) is 12.1 Å². The smallest absolute Gasteiger partial charge is 0.214 e. The fourth-order valence-corrected chi connectivity index (χ4v) is 5.31. The molecule has 0 aromatic heterocycles. The van der Waals surface area contributed by atoms with Crippen LogP contribution in [0.1, 0.15) is 43.7 Å². The van der Waals surface area contributed by atoms with Crippen LogP contribution >= 0.6 is 0 Å². The van der Waals surface area contributed by atoms with Gasteiger partial charge in [-0.15, -0.1) is 0 Å². The average Bonchev–Trinajstić information content (AvgIpc) is 3.44. The maximum Gasteiger partial charge on any atom is 0.214 e. The van der Waals surface area contributed by atoms with Crippen LogP contribution in [-0.2, 0) is 10.0 Å². The zero-order chi connectivity index (χ0) is 16.0. The van der Waals surface area contributed by atoms with E-state index in [9.17, 15) is 8.42 Å². The van der Waals surface area contributed by atoms with Gasteiger partial charge in [0, 0.05) is 18.6 Å². The van der Waals surface area contributed by atoms with Gasteiger partial charge in [-0.2, -0.15) is 0 Å². The number of nitrogens with zero attached hydrogens (tertiary/aromatic N) is 1. The average molecular weight is 336 g/mol. The standard InChI is InChI=1S/C17H24N2O3S/c1-22-14-4-2-3-12(11-14)17-16(9-10-19(17)13-5-6-13)18-23(20,21)15-7-8-15/h2-4,11,13,15-18H,5-10H2,1H3/t16-,17-/m0/s1. The van der Waals surface area contributed by atoms with Crippen LogP contribution in [0, 0.1) is 0 Å². The highest BCUT2D eigenvalue weighted by Gasteiger charge is 2.46. The quantitative estimate of drug-likeness (QED) is 0.864. The van der Waals surface area contributed by atoms with Crippen LogP contribution in [0.2, 0.25) is 0 Å². The van der Waals surface area contributed by atoms with E-state index < -0.39 is 10.0 Å². The van der Waals surface area contributed by atoms with E-state index in [-0.39, 0.29) is 17.3 Å². The molecule has 3 aliphatic rings. The second kappa shape index (κ2) is 5.76. The molecule has 0 spiro atoms. The molecular formula is C17H24N2O3S. The first-order valence-corrected chi connectivity index (χ1v) is 10.0. The van der Waals surface area contributed by atoms with Crippen molar-refractivity contribution in [3.8, 4) is 5.75 Å². The van der Waals surface area contributed by atoms with Crippen molar-refractivity contribution >= 4 is 10.0 Å². The van der Waals surface area contributed by atoms with Gasteiger partial charge in [0.2, 0.25) is 10.0 Å². The molecule has 1 aromatic carbocycles. The highest BCUT2D eigenvalue weighted by atomic mass is 32.2. The Morgan fingerprint density at radius 1 is 1.17 bits per heavy atom. The second-order valence-electron chi connectivity index (χ2n) is 6.95. The van der Waals surface area contributed by atoms with E-state index in [4.69, 9.17) is 4.74 Å². The van der Waals surface area contributed by atoms with Crippen LogP contribution < -0.4 is 9.46 Å². The normalized spacial score (nSPS) is 28.9. The third kappa shape index (κ3) is 3.12. The minimum Gasteiger partial charge on any atom is -0.497 e. The number of likely N-dealkylation sites (tertiary alicyclic amines) is 1. The molecule has 0 bridgehead atoms. The van der Waals surface area contributed by atoms with Crippen LogP contribution in [0.4, 0.5) is 0 Å². The molecule has 2 aliphatic carbocycles. The summed E-state index contributed by atoms with van der Waals surface area (Å²) >= 11 is 0. The van der Waals surface area contributed by atoms with Crippen molar-refractivity contribution in [1.82, 2.24) is 9.62 Å². The van der Waals surface area contributed by atoms with Crippen LogP contribution in [0.25, 0.3) is 0 Å². The number of nitrogens with one attached hydrogen (secondary N) is 1. The third-order valence-electron chi connectivity index (χ3n) is 5.17. The van der Waals surface area contributed by atoms with Gasteiger partial charge in [0.1, 0.15) is 5.75 Å². The number of sulfonamides is 1. The number of hydrogen-bond acceptors (Lipinski definition) is 4. The van der Waals surface area contributed by atoms with E-state index >= 15 is 0 Å². The number of benzene rings is 1. The fourth-order valence-electron chi connectivity index (χ4n) is 3.69. The molecule has 4 rings (SSSR count). The molecule has 6 heteroatoms. The zero-order valence-electron chi connectivity index (χ0n) is 13.4. The minimum absolute atomic E-state index is 0.0340.